The van der Waals surface area contributed by atoms with Crippen LogP contribution in [0.15, 0.2) is 18.3 Å². The van der Waals surface area contributed by atoms with E-state index in [9.17, 15) is 4.79 Å². The number of nitrogens with two attached hydrogens (primary N) is 1. The first kappa shape index (κ1) is 13.4. The fourth-order valence-corrected chi connectivity index (χ4v) is 1.36. The Bertz CT molecular complexity index is 371. The summed E-state index contributed by atoms with van der Waals surface area (Å²) in [5.74, 6) is 0.0145. The minimum Gasteiger partial charge on any atom is -0.480 e. The lowest BCUT2D eigenvalue weighted by Crippen LogP contribution is -2.43. The Morgan fingerprint density at radius 3 is 2.94 bits per heavy atom. The fourth-order valence-electron chi connectivity index (χ4n) is 1.36. The minimum absolute atomic E-state index is 0.225. The molecule has 1 aromatic rings. The predicted molar refractivity (Wildman–Crippen MR) is 63.0 cm³/mol. The molecule has 94 valence electrons. The fraction of sp³-hybridized carbons (Fsp3) is 0.455. The van der Waals surface area contributed by atoms with Gasteiger partial charge in [-0.2, -0.15) is 0 Å². The Kier molecular flexibility index (Phi) is 5.38. The van der Waals surface area contributed by atoms with E-state index in [4.69, 9.17) is 15.2 Å². The topological polar surface area (TPSA) is 86.5 Å². The number of carbonyl (C=O) groups is 1. The number of amides is 1. The van der Waals surface area contributed by atoms with Gasteiger partial charge < -0.3 is 20.5 Å². The van der Waals surface area contributed by atoms with Crippen molar-refractivity contribution in [2.75, 3.05) is 27.4 Å². The van der Waals surface area contributed by atoms with Crippen molar-refractivity contribution < 1.29 is 14.3 Å². The smallest absolute Gasteiger partial charge is 0.257 e. The first-order valence-electron chi connectivity index (χ1n) is 5.21. The van der Waals surface area contributed by atoms with Crippen molar-refractivity contribution in [3.63, 3.8) is 0 Å². The Morgan fingerprint density at radius 2 is 2.35 bits per heavy atom. The van der Waals surface area contributed by atoms with Crippen LogP contribution >= 0.6 is 0 Å². The Morgan fingerprint density at radius 1 is 1.59 bits per heavy atom. The largest absolute Gasteiger partial charge is 0.480 e. The first-order valence-corrected chi connectivity index (χ1v) is 5.21. The summed E-state index contributed by atoms with van der Waals surface area (Å²) in [5.41, 5.74) is 5.89. The molecule has 17 heavy (non-hydrogen) atoms. The van der Waals surface area contributed by atoms with Crippen molar-refractivity contribution in [1.29, 1.82) is 0 Å². The maximum absolute atomic E-state index is 11.9. The van der Waals surface area contributed by atoms with Crippen LogP contribution in [0.3, 0.4) is 0 Å². The van der Waals surface area contributed by atoms with Gasteiger partial charge in [-0.3, -0.25) is 4.79 Å². The zero-order valence-electron chi connectivity index (χ0n) is 9.97. The van der Waals surface area contributed by atoms with Crippen molar-refractivity contribution in [3.05, 3.63) is 23.9 Å². The van der Waals surface area contributed by atoms with Crippen LogP contribution in [-0.4, -0.2) is 44.3 Å². The Balaban J connectivity index is 2.75. The molecule has 1 atom stereocenters. The number of carbonyl (C=O) groups excluding carboxylic acids is 1. The van der Waals surface area contributed by atoms with E-state index in [0.717, 1.165) is 0 Å². The average Bonchev–Trinajstić information content (AvgIpc) is 2.38. The van der Waals surface area contributed by atoms with Gasteiger partial charge in [0.05, 0.1) is 19.8 Å². The summed E-state index contributed by atoms with van der Waals surface area (Å²) >= 11 is 0. The monoisotopic (exact) mass is 239 g/mol. The van der Waals surface area contributed by atoms with Gasteiger partial charge in [0.15, 0.2) is 0 Å². The third-order valence-corrected chi connectivity index (χ3v) is 2.20. The van der Waals surface area contributed by atoms with E-state index in [1.807, 2.05) is 0 Å². The van der Waals surface area contributed by atoms with Gasteiger partial charge in [-0.15, -0.1) is 0 Å². The molecule has 3 N–H and O–H groups in total. The van der Waals surface area contributed by atoms with Crippen LogP contribution in [0, 0.1) is 0 Å². The minimum atomic E-state index is -0.276. The van der Waals surface area contributed by atoms with Gasteiger partial charge in [0.25, 0.3) is 5.91 Å². The van der Waals surface area contributed by atoms with Crippen LogP contribution in [0.25, 0.3) is 0 Å². The molecule has 0 saturated heterocycles. The lowest BCUT2D eigenvalue weighted by Gasteiger charge is -2.16. The molecule has 1 aromatic heterocycles. The van der Waals surface area contributed by atoms with Gasteiger partial charge >= 0.3 is 0 Å². The summed E-state index contributed by atoms with van der Waals surface area (Å²) in [5, 5.41) is 2.75. The number of aromatic nitrogens is 1. The maximum atomic E-state index is 11.9. The third-order valence-electron chi connectivity index (χ3n) is 2.20. The number of methoxy groups -OCH3 is 2. The van der Waals surface area contributed by atoms with Gasteiger partial charge in [-0.05, 0) is 12.1 Å². The summed E-state index contributed by atoms with van der Waals surface area (Å²) in [6.07, 6.45) is 1.56. The third kappa shape index (κ3) is 3.69. The molecule has 0 saturated carbocycles. The second-order valence-electron chi connectivity index (χ2n) is 3.42. The normalized spacial score (nSPS) is 11.9. The van der Waals surface area contributed by atoms with Crippen LogP contribution in [0.1, 0.15) is 10.4 Å². The molecule has 1 amide bonds. The number of nitrogens with zero attached hydrogens (tertiary/aromatic N) is 1. The van der Waals surface area contributed by atoms with E-state index in [-0.39, 0.29) is 17.8 Å². The molecule has 6 nitrogen and oxygen atoms in total. The van der Waals surface area contributed by atoms with Crippen LogP contribution in [0.5, 0.6) is 5.88 Å². The van der Waals surface area contributed by atoms with E-state index < -0.39 is 0 Å². The van der Waals surface area contributed by atoms with Gasteiger partial charge in [-0.25, -0.2) is 4.98 Å². The highest BCUT2D eigenvalue weighted by molar-refractivity contribution is 5.96. The molecule has 0 spiro atoms. The van der Waals surface area contributed by atoms with E-state index in [1.54, 1.807) is 25.4 Å². The molecule has 0 radical (unpaired) electrons. The van der Waals surface area contributed by atoms with Crippen LogP contribution in [0.2, 0.25) is 0 Å². The van der Waals surface area contributed by atoms with E-state index in [1.165, 1.54) is 7.11 Å². The van der Waals surface area contributed by atoms with E-state index in [0.29, 0.717) is 18.7 Å². The summed E-state index contributed by atoms with van der Waals surface area (Å²) in [7, 11) is 3.02. The van der Waals surface area contributed by atoms with Gasteiger partial charge in [-0.1, -0.05) is 0 Å². The van der Waals surface area contributed by atoms with Crippen LogP contribution in [0.4, 0.5) is 0 Å². The highest BCUT2D eigenvalue weighted by Gasteiger charge is 2.16. The molecular weight excluding hydrogens is 222 g/mol. The second-order valence-corrected chi connectivity index (χ2v) is 3.42. The van der Waals surface area contributed by atoms with Gasteiger partial charge in [0.2, 0.25) is 5.88 Å². The SMILES string of the molecule is COCC(CN)NC(=O)c1cccnc1OC. The van der Waals surface area contributed by atoms with Crippen molar-refractivity contribution in [1.82, 2.24) is 10.3 Å². The molecule has 0 aromatic carbocycles. The van der Waals surface area contributed by atoms with Crippen molar-refractivity contribution in [3.8, 4) is 5.88 Å². The maximum Gasteiger partial charge on any atom is 0.257 e. The first-order chi connectivity index (χ1) is 8.22. The molecule has 1 rings (SSSR count). The molecule has 6 heteroatoms. The van der Waals surface area contributed by atoms with Gasteiger partial charge in [0, 0.05) is 19.9 Å². The van der Waals surface area contributed by atoms with Crippen molar-refractivity contribution in [2.45, 2.75) is 6.04 Å². The standard InChI is InChI=1S/C11H17N3O3/c1-16-7-8(6-12)14-10(15)9-4-3-5-13-11(9)17-2/h3-5,8H,6-7,12H2,1-2H3,(H,14,15). The number of ether oxygens (including phenoxy) is 2. The predicted octanol–water partition coefficient (Wildman–Crippen LogP) is -0.206. The Hall–Kier alpha value is -1.66. The molecule has 1 unspecified atom stereocenters. The summed E-state index contributed by atoms with van der Waals surface area (Å²) in [4.78, 5) is 15.9. The van der Waals surface area contributed by atoms with Gasteiger partial charge in [0.1, 0.15) is 5.56 Å². The number of pyridine rings is 1. The zero-order valence-corrected chi connectivity index (χ0v) is 9.97. The summed E-state index contributed by atoms with van der Waals surface area (Å²) < 4.78 is 9.95. The second kappa shape index (κ2) is 6.82. The Labute approximate surface area is 100 Å². The molecule has 1 heterocycles. The van der Waals surface area contributed by atoms with E-state index >= 15 is 0 Å². The number of hydrogen-bond acceptors (Lipinski definition) is 5. The number of hydrogen-bond donors (Lipinski definition) is 2. The lowest BCUT2D eigenvalue weighted by atomic mass is 10.2. The summed E-state index contributed by atoms with van der Waals surface area (Å²) in [6, 6.07) is 3.09. The highest BCUT2D eigenvalue weighted by Crippen LogP contribution is 2.13. The highest BCUT2D eigenvalue weighted by atomic mass is 16.5. The zero-order chi connectivity index (χ0) is 12.7. The lowest BCUT2D eigenvalue weighted by molar-refractivity contribution is 0.0897. The quantitative estimate of drug-likeness (QED) is 0.717. The number of nitrogens with one attached hydrogen (secondary N) is 1. The van der Waals surface area contributed by atoms with Crippen LogP contribution in [-0.2, 0) is 4.74 Å². The van der Waals surface area contributed by atoms with E-state index in [2.05, 4.69) is 10.3 Å². The van der Waals surface area contributed by atoms with Crippen LogP contribution < -0.4 is 15.8 Å². The van der Waals surface area contributed by atoms with Crippen molar-refractivity contribution in [2.24, 2.45) is 5.73 Å². The number of rotatable bonds is 6. The molecule has 0 aliphatic heterocycles. The summed E-state index contributed by atoms with van der Waals surface area (Å²) in [6.45, 7) is 0.674. The molecular formula is C11H17N3O3. The average molecular weight is 239 g/mol. The molecule has 0 aliphatic rings. The molecule has 0 fully saturated rings. The molecule has 0 bridgehead atoms. The molecule has 0 aliphatic carbocycles. The van der Waals surface area contributed by atoms with Crippen molar-refractivity contribution >= 4 is 5.91 Å².